The molecule has 1 aliphatic heterocycles. The molecule has 124 valence electrons. The predicted molar refractivity (Wildman–Crippen MR) is 92.8 cm³/mol. The van der Waals surface area contributed by atoms with Crippen LogP contribution in [0.3, 0.4) is 0 Å². The van der Waals surface area contributed by atoms with Crippen molar-refractivity contribution in [2.45, 2.75) is 51.1 Å². The molecule has 2 fully saturated rings. The molecule has 3 rings (SSSR count). The Morgan fingerprint density at radius 3 is 2.83 bits per heavy atom. The van der Waals surface area contributed by atoms with E-state index in [-0.39, 0.29) is 18.4 Å². The topological polar surface area (TPSA) is 40.6 Å². The second kappa shape index (κ2) is 7.47. The Labute approximate surface area is 146 Å². The number of nitrogens with zero attached hydrogens (tertiary/aromatic N) is 2. The summed E-state index contributed by atoms with van der Waals surface area (Å²) in [5.41, 5.74) is 1.13. The average Bonchev–Trinajstić information content (AvgIpc) is 3.35. The summed E-state index contributed by atoms with van der Waals surface area (Å²) >= 11 is 3.48. The maximum absolute atomic E-state index is 12.8. The van der Waals surface area contributed by atoms with Gasteiger partial charge in [0.25, 0.3) is 0 Å². The summed E-state index contributed by atoms with van der Waals surface area (Å²) in [5, 5.41) is 0. The number of hydrogen-bond donors (Lipinski definition) is 0. The van der Waals surface area contributed by atoms with Crippen molar-refractivity contribution < 1.29 is 9.59 Å². The molecular weight excluding hydrogens is 356 g/mol. The van der Waals surface area contributed by atoms with Crippen LogP contribution in [0.25, 0.3) is 0 Å². The lowest BCUT2D eigenvalue weighted by molar-refractivity contribution is -0.140. The summed E-state index contributed by atoms with van der Waals surface area (Å²) in [6, 6.07) is 8.43. The fourth-order valence-electron chi connectivity index (χ4n) is 3.10. The van der Waals surface area contributed by atoms with E-state index in [4.69, 9.17) is 0 Å². The molecule has 0 bridgehead atoms. The number of halogens is 1. The lowest BCUT2D eigenvalue weighted by Crippen LogP contribution is -2.43. The number of carbonyl (C=O) groups is 2. The molecule has 23 heavy (non-hydrogen) atoms. The molecule has 0 N–H and O–H groups in total. The number of likely N-dealkylation sites (tertiary alicyclic amines) is 1. The molecule has 1 aliphatic carbocycles. The van der Waals surface area contributed by atoms with Gasteiger partial charge in [0.1, 0.15) is 0 Å². The highest BCUT2D eigenvalue weighted by Gasteiger charge is 2.33. The third kappa shape index (κ3) is 4.56. The molecule has 0 spiro atoms. The second-order valence-electron chi connectivity index (χ2n) is 6.51. The average molecular weight is 379 g/mol. The zero-order valence-electron chi connectivity index (χ0n) is 13.3. The summed E-state index contributed by atoms with van der Waals surface area (Å²) in [6.45, 7) is 1.59. The molecule has 1 aromatic carbocycles. The third-order valence-corrected chi connectivity index (χ3v) is 5.04. The molecular formula is C18H23BrN2O2. The molecule has 1 heterocycles. The first-order valence-corrected chi connectivity index (χ1v) is 9.24. The Balaban J connectivity index is 1.65. The standard InChI is InChI=1S/C18H23BrN2O2/c19-15-6-4-5-14(11-15)12-21(16-8-9-16)18(23)13-20-10-3-1-2-7-17(20)22/h4-6,11,16H,1-3,7-10,12-13H2. The summed E-state index contributed by atoms with van der Waals surface area (Å²) < 4.78 is 1.03. The molecule has 0 unspecified atom stereocenters. The minimum absolute atomic E-state index is 0.0859. The fourth-order valence-corrected chi connectivity index (χ4v) is 3.55. The lowest BCUT2D eigenvalue weighted by Gasteiger charge is -2.27. The van der Waals surface area contributed by atoms with Crippen molar-refractivity contribution in [1.29, 1.82) is 0 Å². The summed E-state index contributed by atoms with van der Waals surface area (Å²) in [5.74, 6) is 0.219. The molecule has 1 saturated heterocycles. The van der Waals surface area contributed by atoms with E-state index in [0.29, 0.717) is 19.0 Å². The summed E-state index contributed by atoms with van der Waals surface area (Å²) in [7, 11) is 0. The largest absolute Gasteiger partial charge is 0.334 e. The van der Waals surface area contributed by atoms with Gasteiger partial charge in [0.2, 0.25) is 11.8 Å². The number of rotatable bonds is 5. The van der Waals surface area contributed by atoms with Crippen LogP contribution < -0.4 is 0 Å². The van der Waals surface area contributed by atoms with Crippen LogP contribution in [-0.2, 0) is 16.1 Å². The minimum Gasteiger partial charge on any atom is -0.334 e. The zero-order chi connectivity index (χ0) is 16.2. The van der Waals surface area contributed by atoms with E-state index in [9.17, 15) is 9.59 Å². The maximum atomic E-state index is 12.8. The van der Waals surface area contributed by atoms with Gasteiger partial charge in [0.15, 0.2) is 0 Å². The van der Waals surface area contributed by atoms with Crippen LogP contribution in [0, 0.1) is 0 Å². The number of amides is 2. The highest BCUT2D eigenvalue weighted by atomic mass is 79.9. The van der Waals surface area contributed by atoms with Crippen molar-refractivity contribution in [2.24, 2.45) is 0 Å². The van der Waals surface area contributed by atoms with Crippen LogP contribution in [0.15, 0.2) is 28.7 Å². The molecule has 0 radical (unpaired) electrons. The maximum Gasteiger partial charge on any atom is 0.242 e. The van der Waals surface area contributed by atoms with E-state index in [0.717, 1.165) is 48.7 Å². The van der Waals surface area contributed by atoms with Crippen molar-refractivity contribution in [3.8, 4) is 0 Å². The second-order valence-corrected chi connectivity index (χ2v) is 7.42. The van der Waals surface area contributed by atoms with Crippen molar-refractivity contribution in [2.75, 3.05) is 13.1 Å². The molecule has 0 aromatic heterocycles. The van der Waals surface area contributed by atoms with E-state index in [1.165, 1.54) is 0 Å². The smallest absolute Gasteiger partial charge is 0.242 e. The zero-order valence-corrected chi connectivity index (χ0v) is 14.9. The predicted octanol–water partition coefficient (Wildman–Crippen LogP) is 3.34. The Kier molecular flexibility index (Phi) is 5.36. The van der Waals surface area contributed by atoms with Crippen LogP contribution in [0.1, 0.15) is 44.1 Å². The van der Waals surface area contributed by atoms with Crippen molar-refractivity contribution in [3.05, 3.63) is 34.3 Å². The molecule has 4 nitrogen and oxygen atoms in total. The van der Waals surface area contributed by atoms with Gasteiger partial charge >= 0.3 is 0 Å². The lowest BCUT2D eigenvalue weighted by atomic mass is 10.2. The molecule has 2 amide bonds. The first-order valence-electron chi connectivity index (χ1n) is 8.45. The Hall–Kier alpha value is -1.36. The van der Waals surface area contributed by atoms with Gasteiger partial charge < -0.3 is 9.80 Å². The van der Waals surface area contributed by atoms with Crippen molar-refractivity contribution in [3.63, 3.8) is 0 Å². The number of carbonyl (C=O) groups excluding carboxylic acids is 2. The first-order chi connectivity index (χ1) is 11.1. The monoisotopic (exact) mass is 378 g/mol. The molecule has 0 atom stereocenters. The van der Waals surface area contributed by atoms with E-state index >= 15 is 0 Å². The van der Waals surface area contributed by atoms with E-state index in [1.54, 1.807) is 4.90 Å². The highest BCUT2D eigenvalue weighted by Crippen LogP contribution is 2.29. The number of benzene rings is 1. The number of hydrogen-bond acceptors (Lipinski definition) is 2. The molecule has 2 aliphatic rings. The van der Waals surface area contributed by atoms with Crippen molar-refractivity contribution in [1.82, 2.24) is 9.80 Å². The Morgan fingerprint density at radius 2 is 2.09 bits per heavy atom. The van der Waals surface area contributed by atoms with Gasteiger partial charge in [0.05, 0.1) is 6.54 Å². The van der Waals surface area contributed by atoms with Crippen LogP contribution in [0.2, 0.25) is 0 Å². The van der Waals surface area contributed by atoms with Crippen LogP contribution in [-0.4, -0.2) is 40.7 Å². The molecule has 1 aromatic rings. The van der Waals surface area contributed by atoms with E-state index < -0.39 is 0 Å². The van der Waals surface area contributed by atoms with Gasteiger partial charge in [-0.2, -0.15) is 0 Å². The van der Waals surface area contributed by atoms with Crippen LogP contribution >= 0.6 is 15.9 Å². The normalized spacial score (nSPS) is 18.7. The summed E-state index contributed by atoms with van der Waals surface area (Å²) in [6.07, 6.45) is 5.78. The Bertz CT molecular complexity index is 586. The summed E-state index contributed by atoms with van der Waals surface area (Å²) in [4.78, 5) is 28.6. The molecule has 1 saturated carbocycles. The van der Waals surface area contributed by atoms with Gasteiger partial charge in [-0.05, 0) is 43.4 Å². The Morgan fingerprint density at radius 1 is 1.26 bits per heavy atom. The van der Waals surface area contributed by atoms with Gasteiger partial charge in [0, 0.05) is 30.0 Å². The van der Waals surface area contributed by atoms with Crippen molar-refractivity contribution >= 4 is 27.7 Å². The third-order valence-electron chi connectivity index (χ3n) is 4.55. The van der Waals surface area contributed by atoms with Gasteiger partial charge in [-0.25, -0.2) is 0 Å². The highest BCUT2D eigenvalue weighted by molar-refractivity contribution is 9.10. The van der Waals surface area contributed by atoms with E-state index in [2.05, 4.69) is 22.0 Å². The van der Waals surface area contributed by atoms with Crippen LogP contribution in [0.4, 0.5) is 0 Å². The van der Waals surface area contributed by atoms with Crippen LogP contribution in [0.5, 0.6) is 0 Å². The SMILES string of the molecule is O=C1CCCCCN1CC(=O)N(Cc1cccc(Br)c1)C1CC1. The first kappa shape index (κ1) is 16.5. The minimum atomic E-state index is 0.0859. The fraction of sp³-hybridized carbons (Fsp3) is 0.556. The van der Waals surface area contributed by atoms with E-state index in [1.807, 2.05) is 23.1 Å². The van der Waals surface area contributed by atoms with Gasteiger partial charge in [-0.15, -0.1) is 0 Å². The molecule has 5 heteroatoms. The quantitative estimate of drug-likeness (QED) is 0.788. The van der Waals surface area contributed by atoms with Gasteiger partial charge in [-0.1, -0.05) is 34.5 Å². The van der Waals surface area contributed by atoms with Gasteiger partial charge in [-0.3, -0.25) is 9.59 Å².